The van der Waals surface area contributed by atoms with Gasteiger partial charge in [-0.2, -0.15) is 0 Å². The standard InChI is InChI=1S/C19H23F2N3O3S/c1-27-18-5-3-2-4-17(18)24-12-10-23(11-13-24)9-8-22-28(25,26)19-7-6-15(20)14-16(19)21/h2-7,14,22H,8-13H2,1H3. The van der Waals surface area contributed by atoms with Crippen LogP contribution >= 0.6 is 0 Å². The molecule has 0 unspecified atom stereocenters. The quantitative estimate of drug-likeness (QED) is 0.756. The molecular formula is C19H23F2N3O3S. The number of nitrogens with one attached hydrogen (secondary N) is 1. The van der Waals surface area contributed by atoms with E-state index in [9.17, 15) is 17.2 Å². The second kappa shape index (κ2) is 8.85. The van der Waals surface area contributed by atoms with E-state index in [1.165, 1.54) is 0 Å². The topological polar surface area (TPSA) is 61.9 Å². The predicted octanol–water partition coefficient (Wildman–Crippen LogP) is 2.07. The molecule has 1 N–H and O–H groups in total. The number of piperazine rings is 1. The Morgan fingerprint density at radius 3 is 2.46 bits per heavy atom. The first-order chi connectivity index (χ1) is 13.4. The summed E-state index contributed by atoms with van der Waals surface area (Å²) in [7, 11) is -2.37. The molecule has 3 rings (SSSR count). The number of rotatable bonds is 7. The van der Waals surface area contributed by atoms with Gasteiger partial charge in [0.1, 0.15) is 22.3 Å². The summed E-state index contributed by atoms with van der Waals surface area (Å²) in [5, 5.41) is 0. The molecule has 1 saturated heterocycles. The van der Waals surface area contributed by atoms with Gasteiger partial charge in [0.05, 0.1) is 12.8 Å². The van der Waals surface area contributed by atoms with E-state index in [0.29, 0.717) is 12.6 Å². The van der Waals surface area contributed by atoms with E-state index in [-0.39, 0.29) is 6.54 Å². The highest BCUT2D eigenvalue weighted by atomic mass is 32.2. The Balaban J connectivity index is 1.50. The molecule has 6 nitrogen and oxygen atoms in total. The maximum absolute atomic E-state index is 13.7. The van der Waals surface area contributed by atoms with Crippen LogP contribution in [0.1, 0.15) is 0 Å². The lowest BCUT2D eigenvalue weighted by Crippen LogP contribution is -2.48. The molecule has 2 aromatic carbocycles. The van der Waals surface area contributed by atoms with Gasteiger partial charge in [-0.3, -0.25) is 4.90 Å². The number of halogens is 2. The molecular weight excluding hydrogens is 388 g/mol. The molecule has 0 aromatic heterocycles. The van der Waals surface area contributed by atoms with Crippen LogP contribution in [0.4, 0.5) is 14.5 Å². The number of hydrogen-bond acceptors (Lipinski definition) is 5. The van der Waals surface area contributed by atoms with Gasteiger partial charge in [-0.1, -0.05) is 12.1 Å². The van der Waals surface area contributed by atoms with Gasteiger partial charge in [-0.15, -0.1) is 0 Å². The molecule has 0 amide bonds. The largest absolute Gasteiger partial charge is 0.495 e. The van der Waals surface area contributed by atoms with E-state index in [4.69, 9.17) is 4.74 Å². The van der Waals surface area contributed by atoms with Crippen LogP contribution in [0.2, 0.25) is 0 Å². The molecule has 1 aliphatic heterocycles. The van der Waals surface area contributed by atoms with Crippen LogP contribution in [0, 0.1) is 11.6 Å². The van der Waals surface area contributed by atoms with E-state index in [1.54, 1.807) is 7.11 Å². The van der Waals surface area contributed by atoms with Crippen LogP contribution in [0.15, 0.2) is 47.4 Å². The summed E-state index contributed by atoms with van der Waals surface area (Å²) in [6.45, 7) is 3.77. The highest BCUT2D eigenvalue weighted by molar-refractivity contribution is 7.89. The van der Waals surface area contributed by atoms with E-state index in [0.717, 1.165) is 49.7 Å². The van der Waals surface area contributed by atoms with Gasteiger partial charge in [-0.25, -0.2) is 21.9 Å². The highest BCUT2D eigenvalue weighted by Crippen LogP contribution is 2.28. The third kappa shape index (κ3) is 4.78. The van der Waals surface area contributed by atoms with Crippen molar-refractivity contribution >= 4 is 15.7 Å². The lowest BCUT2D eigenvalue weighted by Gasteiger charge is -2.36. The van der Waals surface area contributed by atoms with Gasteiger partial charge < -0.3 is 9.64 Å². The Morgan fingerprint density at radius 2 is 1.79 bits per heavy atom. The van der Waals surface area contributed by atoms with Crippen LogP contribution in [0.3, 0.4) is 0 Å². The summed E-state index contributed by atoms with van der Waals surface area (Å²) >= 11 is 0. The van der Waals surface area contributed by atoms with Crippen molar-refractivity contribution < 1.29 is 21.9 Å². The predicted molar refractivity (Wildman–Crippen MR) is 103 cm³/mol. The molecule has 1 heterocycles. The minimum absolute atomic E-state index is 0.147. The van der Waals surface area contributed by atoms with E-state index in [2.05, 4.69) is 14.5 Å². The van der Waals surface area contributed by atoms with Crippen LogP contribution < -0.4 is 14.4 Å². The average Bonchev–Trinajstić information content (AvgIpc) is 2.68. The SMILES string of the molecule is COc1ccccc1N1CCN(CCNS(=O)(=O)c2ccc(F)cc2F)CC1. The minimum Gasteiger partial charge on any atom is -0.495 e. The van der Waals surface area contributed by atoms with Crippen LogP contribution in [-0.2, 0) is 10.0 Å². The Hall–Kier alpha value is -2.23. The summed E-state index contributed by atoms with van der Waals surface area (Å²) in [6.07, 6.45) is 0. The minimum atomic E-state index is -4.02. The van der Waals surface area contributed by atoms with Crippen molar-refractivity contribution in [1.29, 1.82) is 0 Å². The number of para-hydroxylation sites is 2. The van der Waals surface area contributed by atoms with Gasteiger partial charge in [0.2, 0.25) is 10.0 Å². The van der Waals surface area contributed by atoms with Crippen LogP contribution in [0.5, 0.6) is 5.75 Å². The Bertz CT molecular complexity index is 916. The second-order valence-corrected chi connectivity index (χ2v) is 8.21. The van der Waals surface area contributed by atoms with E-state index < -0.39 is 26.6 Å². The number of anilines is 1. The highest BCUT2D eigenvalue weighted by Gasteiger charge is 2.22. The molecule has 0 atom stereocenters. The lowest BCUT2D eigenvalue weighted by molar-refractivity contribution is 0.261. The third-order valence-electron chi connectivity index (χ3n) is 4.70. The fourth-order valence-corrected chi connectivity index (χ4v) is 4.29. The third-order valence-corrected chi connectivity index (χ3v) is 6.20. The van der Waals surface area contributed by atoms with Crippen molar-refractivity contribution in [3.8, 4) is 5.75 Å². The fourth-order valence-electron chi connectivity index (χ4n) is 3.21. The van der Waals surface area contributed by atoms with Gasteiger partial charge in [0, 0.05) is 45.3 Å². The summed E-state index contributed by atoms with van der Waals surface area (Å²) in [5.74, 6) is -1.09. The molecule has 0 saturated carbocycles. The van der Waals surface area contributed by atoms with Crippen LogP contribution in [0.25, 0.3) is 0 Å². The molecule has 28 heavy (non-hydrogen) atoms. The first kappa shape index (κ1) is 20.5. The van der Waals surface area contributed by atoms with Gasteiger partial charge in [0.15, 0.2) is 0 Å². The summed E-state index contributed by atoms with van der Waals surface area (Å²) < 4.78 is 58.8. The molecule has 1 aliphatic rings. The van der Waals surface area contributed by atoms with Crippen LogP contribution in [-0.4, -0.2) is 59.7 Å². The Labute approximate surface area is 163 Å². The smallest absolute Gasteiger partial charge is 0.243 e. The van der Waals surface area contributed by atoms with Crippen molar-refractivity contribution in [3.63, 3.8) is 0 Å². The summed E-state index contributed by atoms with van der Waals surface area (Å²) in [4.78, 5) is 3.82. The number of methoxy groups -OCH3 is 1. The van der Waals surface area contributed by atoms with Gasteiger partial charge in [-0.05, 0) is 24.3 Å². The van der Waals surface area contributed by atoms with Crippen molar-refractivity contribution in [2.24, 2.45) is 0 Å². The Kier molecular flexibility index (Phi) is 6.48. The summed E-state index contributed by atoms with van der Waals surface area (Å²) in [6, 6.07) is 10.2. The molecule has 2 aromatic rings. The zero-order valence-corrected chi connectivity index (χ0v) is 16.4. The lowest BCUT2D eigenvalue weighted by atomic mass is 10.2. The maximum Gasteiger partial charge on any atom is 0.243 e. The normalized spacial score (nSPS) is 15.6. The fraction of sp³-hybridized carbons (Fsp3) is 0.368. The van der Waals surface area contributed by atoms with Crippen molar-refractivity contribution in [2.75, 3.05) is 51.3 Å². The zero-order valence-electron chi connectivity index (χ0n) is 15.6. The molecule has 152 valence electrons. The monoisotopic (exact) mass is 411 g/mol. The van der Waals surface area contributed by atoms with E-state index in [1.807, 2.05) is 24.3 Å². The number of ether oxygens (including phenoxy) is 1. The van der Waals surface area contributed by atoms with Crippen molar-refractivity contribution in [3.05, 3.63) is 54.1 Å². The molecule has 0 radical (unpaired) electrons. The van der Waals surface area contributed by atoms with Crippen molar-refractivity contribution in [2.45, 2.75) is 4.90 Å². The number of sulfonamides is 1. The number of nitrogens with zero attached hydrogens (tertiary/aromatic N) is 2. The second-order valence-electron chi connectivity index (χ2n) is 6.47. The molecule has 0 aliphatic carbocycles. The first-order valence-corrected chi connectivity index (χ1v) is 10.4. The van der Waals surface area contributed by atoms with Crippen molar-refractivity contribution in [1.82, 2.24) is 9.62 Å². The molecule has 1 fully saturated rings. The average molecular weight is 411 g/mol. The maximum atomic E-state index is 13.7. The molecule has 9 heteroatoms. The number of hydrogen-bond donors (Lipinski definition) is 1. The van der Waals surface area contributed by atoms with E-state index >= 15 is 0 Å². The Morgan fingerprint density at radius 1 is 1.07 bits per heavy atom. The summed E-state index contributed by atoms with van der Waals surface area (Å²) in [5.41, 5.74) is 1.04. The van der Waals surface area contributed by atoms with Gasteiger partial charge in [0.25, 0.3) is 0 Å². The molecule has 0 bridgehead atoms. The zero-order chi connectivity index (χ0) is 20.1. The van der Waals surface area contributed by atoms with Gasteiger partial charge >= 0.3 is 0 Å². The molecule has 0 spiro atoms. The number of benzene rings is 2. The first-order valence-electron chi connectivity index (χ1n) is 8.96.